The van der Waals surface area contributed by atoms with Gasteiger partial charge in [0.15, 0.2) is 18.2 Å². The lowest BCUT2D eigenvalue weighted by Gasteiger charge is -2.28. The zero-order valence-corrected chi connectivity index (χ0v) is 11.9. The second kappa shape index (κ2) is 7.45. The lowest BCUT2D eigenvalue weighted by Crippen LogP contribution is -2.55. The largest absolute Gasteiger partial charge is 0.455 e. The fraction of sp³-hybridized carbons (Fsp3) is 0.143. The molecular weight excluding hydrogens is 296 g/mol. The van der Waals surface area contributed by atoms with Gasteiger partial charge in [0.25, 0.3) is 0 Å². The number of benzene rings is 1. The van der Waals surface area contributed by atoms with Crippen LogP contribution in [0, 0.1) is 30.2 Å². The first-order chi connectivity index (χ1) is 11.2. The SMILES string of the molecule is C#Cc1ccc(C#C)c(OC2=CNC(N=NN)NC2NN=N)c1. The molecular formula is C14H14N8O. The van der Waals surface area contributed by atoms with Crippen LogP contribution in [0.1, 0.15) is 11.1 Å². The minimum absolute atomic E-state index is 0.384. The number of ether oxygens (including phenoxy) is 1. The Morgan fingerprint density at radius 3 is 2.83 bits per heavy atom. The summed E-state index contributed by atoms with van der Waals surface area (Å²) in [5.41, 5.74) is 10.6. The Morgan fingerprint density at radius 2 is 2.17 bits per heavy atom. The molecule has 0 radical (unpaired) electrons. The molecule has 0 aliphatic carbocycles. The van der Waals surface area contributed by atoms with Crippen molar-refractivity contribution in [3.8, 4) is 30.4 Å². The monoisotopic (exact) mass is 310 g/mol. The summed E-state index contributed by atoms with van der Waals surface area (Å²) in [6, 6.07) is 5.06. The molecule has 0 saturated carbocycles. The normalized spacial score (nSPS) is 19.8. The summed E-state index contributed by atoms with van der Waals surface area (Å²) in [5.74, 6) is 10.8. The van der Waals surface area contributed by atoms with Crippen molar-refractivity contribution >= 4 is 0 Å². The predicted molar refractivity (Wildman–Crippen MR) is 82.2 cm³/mol. The average molecular weight is 310 g/mol. The Bertz CT molecular complexity index is 727. The van der Waals surface area contributed by atoms with Crippen molar-refractivity contribution in [1.82, 2.24) is 16.1 Å². The topological polar surface area (TPSA) is 132 Å². The van der Waals surface area contributed by atoms with E-state index in [0.29, 0.717) is 22.6 Å². The first kappa shape index (κ1) is 15.8. The van der Waals surface area contributed by atoms with Crippen LogP contribution >= 0.6 is 0 Å². The molecule has 1 aliphatic heterocycles. The van der Waals surface area contributed by atoms with Crippen molar-refractivity contribution in [1.29, 1.82) is 5.53 Å². The second-order valence-corrected chi connectivity index (χ2v) is 4.29. The summed E-state index contributed by atoms with van der Waals surface area (Å²) in [5, 5.41) is 15.8. The van der Waals surface area contributed by atoms with Crippen molar-refractivity contribution < 1.29 is 4.74 Å². The maximum Gasteiger partial charge on any atom is 0.197 e. The molecule has 0 amide bonds. The molecule has 2 unspecified atom stereocenters. The fourth-order valence-corrected chi connectivity index (χ4v) is 1.86. The van der Waals surface area contributed by atoms with E-state index in [1.54, 1.807) is 24.4 Å². The van der Waals surface area contributed by atoms with E-state index in [-0.39, 0.29) is 0 Å². The third-order valence-corrected chi connectivity index (χ3v) is 2.90. The molecule has 116 valence electrons. The molecule has 1 aliphatic rings. The number of nitrogens with two attached hydrogens (primary N) is 1. The summed E-state index contributed by atoms with van der Waals surface area (Å²) < 4.78 is 5.80. The zero-order chi connectivity index (χ0) is 16.7. The number of nitrogens with one attached hydrogen (secondary N) is 4. The van der Waals surface area contributed by atoms with E-state index in [2.05, 4.69) is 43.5 Å². The third-order valence-electron chi connectivity index (χ3n) is 2.90. The summed E-state index contributed by atoms with van der Waals surface area (Å²) in [4.78, 5) is 0. The van der Waals surface area contributed by atoms with Crippen molar-refractivity contribution in [2.45, 2.75) is 12.5 Å². The first-order valence-electron chi connectivity index (χ1n) is 6.41. The number of terminal acetylenes is 2. The van der Waals surface area contributed by atoms with E-state index in [1.165, 1.54) is 0 Å². The van der Waals surface area contributed by atoms with Crippen LogP contribution in [0.4, 0.5) is 0 Å². The minimum Gasteiger partial charge on any atom is -0.455 e. The first-order valence-corrected chi connectivity index (χ1v) is 6.41. The molecule has 0 bridgehead atoms. The van der Waals surface area contributed by atoms with Gasteiger partial charge in [-0.1, -0.05) is 22.3 Å². The molecule has 0 aromatic heterocycles. The van der Waals surface area contributed by atoms with Crippen LogP contribution in [0.15, 0.2) is 45.7 Å². The maximum absolute atomic E-state index is 6.95. The molecule has 1 aromatic carbocycles. The molecule has 9 nitrogen and oxygen atoms in total. The molecule has 23 heavy (non-hydrogen) atoms. The van der Waals surface area contributed by atoms with Gasteiger partial charge in [0.1, 0.15) is 5.75 Å². The minimum atomic E-state index is -0.635. The standard InChI is InChI=1S/C14H14N8O/c1-3-9-5-6-10(4-2)11(7-9)23-12-8-17-14(20-22-16)18-13(12)19-21-15/h1-2,5-8,13-14,17-18H,(H2,15,19)(H2,16,20). The molecule has 6 N–H and O–H groups in total. The number of rotatable bonds is 5. The van der Waals surface area contributed by atoms with Gasteiger partial charge in [0.05, 0.1) is 5.56 Å². The van der Waals surface area contributed by atoms with Crippen LogP contribution in [-0.2, 0) is 0 Å². The summed E-state index contributed by atoms with van der Waals surface area (Å²) in [6.45, 7) is 0. The predicted octanol–water partition coefficient (Wildman–Crippen LogP) is 0.533. The van der Waals surface area contributed by atoms with E-state index in [4.69, 9.17) is 29.0 Å². The molecule has 2 rings (SSSR count). The number of hydrogen-bond donors (Lipinski definition) is 5. The van der Waals surface area contributed by atoms with Crippen molar-refractivity contribution in [2.24, 2.45) is 21.4 Å². The summed E-state index contributed by atoms with van der Waals surface area (Å²) >= 11 is 0. The molecule has 9 heteroatoms. The Hall–Kier alpha value is -3.56. The second-order valence-electron chi connectivity index (χ2n) is 4.29. The van der Waals surface area contributed by atoms with Crippen LogP contribution in [-0.4, -0.2) is 12.5 Å². The number of nitrogens with zero attached hydrogens (tertiary/aromatic N) is 3. The fourth-order valence-electron chi connectivity index (χ4n) is 1.86. The van der Waals surface area contributed by atoms with Crippen LogP contribution in [0.3, 0.4) is 0 Å². The van der Waals surface area contributed by atoms with Gasteiger partial charge >= 0.3 is 0 Å². The highest BCUT2D eigenvalue weighted by atomic mass is 16.5. The van der Waals surface area contributed by atoms with Gasteiger partial charge in [-0.2, -0.15) is 5.53 Å². The lowest BCUT2D eigenvalue weighted by molar-refractivity contribution is 0.263. The molecule has 2 atom stereocenters. The Balaban J connectivity index is 2.28. The van der Waals surface area contributed by atoms with E-state index < -0.39 is 12.5 Å². The van der Waals surface area contributed by atoms with Gasteiger partial charge in [0, 0.05) is 11.8 Å². The van der Waals surface area contributed by atoms with E-state index >= 15 is 0 Å². The molecule has 0 spiro atoms. The van der Waals surface area contributed by atoms with Gasteiger partial charge in [-0.15, -0.1) is 18.0 Å². The zero-order valence-electron chi connectivity index (χ0n) is 11.9. The average Bonchev–Trinajstić information content (AvgIpc) is 2.57. The van der Waals surface area contributed by atoms with E-state index in [1.807, 2.05) is 0 Å². The van der Waals surface area contributed by atoms with Gasteiger partial charge in [-0.25, -0.2) is 5.32 Å². The van der Waals surface area contributed by atoms with Crippen molar-refractivity contribution in [2.75, 3.05) is 0 Å². The highest BCUT2D eigenvalue weighted by Crippen LogP contribution is 2.23. The quantitative estimate of drug-likeness (QED) is 0.234. The van der Waals surface area contributed by atoms with Gasteiger partial charge in [-0.05, 0) is 18.2 Å². The van der Waals surface area contributed by atoms with Crippen LogP contribution < -0.4 is 26.6 Å². The molecule has 0 fully saturated rings. The van der Waals surface area contributed by atoms with Gasteiger partial charge < -0.3 is 15.9 Å². The maximum atomic E-state index is 6.95. The van der Waals surface area contributed by atoms with Gasteiger partial charge in [0.2, 0.25) is 0 Å². The smallest absolute Gasteiger partial charge is 0.197 e. The summed E-state index contributed by atoms with van der Waals surface area (Å²) in [6.07, 6.45) is 11.2. The van der Waals surface area contributed by atoms with Gasteiger partial charge in [-0.3, -0.25) is 5.43 Å². The van der Waals surface area contributed by atoms with E-state index in [0.717, 1.165) is 0 Å². The third kappa shape index (κ3) is 3.75. The lowest BCUT2D eigenvalue weighted by atomic mass is 10.1. The van der Waals surface area contributed by atoms with Crippen LogP contribution in [0.2, 0.25) is 0 Å². The molecule has 0 saturated heterocycles. The number of hydrogen-bond acceptors (Lipinski definition) is 7. The van der Waals surface area contributed by atoms with Crippen molar-refractivity contribution in [3.63, 3.8) is 0 Å². The van der Waals surface area contributed by atoms with Crippen LogP contribution in [0.25, 0.3) is 0 Å². The van der Waals surface area contributed by atoms with Crippen molar-refractivity contribution in [3.05, 3.63) is 41.3 Å². The van der Waals surface area contributed by atoms with Crippen LogP contribution in [0.5, 0.6) is 5.75 Å². The molecule has 1 aromatic rings. The highest BCUT2D eigenvalue weighted by molar-refractivity contribution is 5.51. The Labute approximate surface area is 132 Å². The Kier molecular flexibility index (Phi) is 5.12. The molecule has 1 heterocycles. The summed E-state index contributed by atoms with van der Waals surface area (Å²) in [7, 11) is 0. The Morgan fingerprint density at radius 1 is 1.35 bits per heavy atom. The highest BCUT2D eigenvalue weighted by Gasteiger charge is 2.25. The van der Waals surface area contributed by atoms with E-state index in [9.17, 15) is 0 Å².